The molecule has 0 atom stereocenters. The summed E-state index contributed by atoms with van der Waals surface area (Å²) in [6.45, 7) is 4.47. The third kappa shape index (κ3) is 3.30. The summed E-state index contributed by atoms with van der Waals surface area (Å²) >= 11 is 1.45. The van der Waals surface area contributed by atoms with E-state index in [2.05, 4.69) is 31.0 Å². The Hall–Kier alpha value is -2.79. The molecule has 0 unspecified atom stereocenters. The standard InChI is InChI=1S/C22H19FN2OS/c1-14(2)15-7-9-16(10-8-15)18-12-27-21-20(18)22(26)25(13-24-21)11-17-5-3-4-6-19(17)23/h3-10,12-14H,11H2,1-2H3. The van der Waals surface area contributed by atoms with Crippen LogP contribution < -0.4 is 5.56 Å². The van der Waals surface area contributed by atoms with Gasteiger partial charge in [0.25, 0.3) is 5.56 Å². The first kappa shape index (κ1) is 17.6. The maximum atomic E-state index is 14.0. The molecule has 2 aromatic heterocycles. The number of fused-ring (bicyclic) bond motifs is 1. The summed E-state index contributed by atoms with van der Waals surface area (Å²) in [5.74, 6) is 0.136. The molecule has 2 heterocycles. The SMILES string of the molecule is CC(C)c1ccc(-c2csc3ncn(Cc4ccccc4F)c(=O)c23)cc1. The van der Waals surface area contributed by atoms with Crippen molar-refractivity contribution in [2.24, 2.45) is 0 Å². The van der Waals surface area contributed by atoms with E-state index in [0.29, 0.717) is 21.7 Å². The first-order valence-electron chi connectivity index (χ1n) is 8.85. The highest BCUT2D eigenvalue weighted by atomic mass is 32.1. The number of aromatic nitrogens is 2. The van der Waals surface area contributed by atoms with Gasteiger partial charge in [0.2, 0.25) is 0 Å². The minimum atomic E-state index is -0.320. The maximum Gasteiger partial charge on any atom is 0.263 e. The van der Waals surface area contributed by atoms with Gasteiger partial charge >= 0.3 is 0 Å². The van der Waals surface area contributed by atoms with E-state index in [0.717, 1.165) is 11.1 Å². The summed E-state index contributed by atoms with van der Waals surface area (Å²) < 4.78 is 15.4. The van der Waals surface area contributed by atoms with Gasteiger partial charge < -0.3 is 0 Å². The summed E-state index contributed by atoms with van der Waals surface area (Å²) in [5, 5.41) is 2.56. The molecule has 27 heavy (non-hydrogen) atoms. The molecule has 3 nitrogen and oxygen atoms in total. The Labute approximate surface area is 160 Å². The molecule has 5 heteroatoms. The molecule has 136 valence electrons. The lowest BCUT2D eigenvalue weighted by molar-refractivity contribution is 0.595. The molecular weight excluding hydrogens is 359 g/mol. The average Bonchev–Trinajstić information content (AvgIpc) is 3.10. The van der Waals surface area contributed by atoms with E-state index in [9.17, 15) is 9.18 Å². The fourth-order valence-corrected chi connectivity index (χ4v) is 4.06. The van der Waals surface area contributed by atoms with Crippen molar-refractivity contribution in [3.05, 3.63) is 87.5 Å². The number of hydrogen-bond acceptors (Lipinski definition) is 3. The van der Waals surface area contributed by atoms with Gasteiger partial charge in [0.05, 0.1) is 18.3 Å². The van der Waals surface area contributed by atoms with Crippen molar-refractivity contribution >= 4 is 21.6 Å². The van der Waals surface area contributed by atoms with Gasteiger partial charge in [0.1, 0.15) is 10.6 Å². The Morgan fingerprint density at radius 3 is 2.56 bits per heavy atom. The van der Waals surface area contributed by atoms with Gasteiger partial charge in [0.15, 0.2) is 0 Å². The minimum absolute atomic E-state index is 0.146. The van der Waals surface area contributed by atoms with Gasteiger partial charge in [-0.05, 0) is 23.1 Å². The van der Waals surface area contributed by atoms with Crippen molar-refractivity contribution < 1.29 is 4.39 Å². The van der Waals surface area contributed by atoms with Crippen LogP contribution in [0, 0.1) is 5.82 Å². The molecule has 4 aromatic rings. The second kappa shape index (κ2) is 7.08. The summed E-state index contributed by atoms with van der Waals surface area (Å²) in [7, 11) is 0. The zero-order chi connectivity index (χ0) is 19.0. The first-order valence-corrected chi connectivity index (χ1v) is 9.73. The van der Waals surface area contributed by atoms with Crippen molar-refractivity contribution in [1.82, 2.24) is 9.55 Å². The van der Waals surface area contributed by atoms with Crippen LogP contribution in [0.5, 0.6) is 0 Å². The van der Waals surface area contributed by atoms with Crippen molar-refractivity contribution in [3.8, 4) is 11.1 Å². The summed E-state index contributed by atoms with van der Waals surface area (Å²) in [5.41, 5.74) is 3.46. The van der Waals surface area contributed by atoms with E-state index in [1.807, 2.05) is 17.5 Å². The minimum Gasteiger partial charge on any atom is -0.294 e. The van der Waals surface area contributed by atoms with Crippen LogP contribution in [-0.4, -0.2) is 9.55 Å². The van der Waals surface area contributed by atoms with Crippen LogP contribution in [0.4, 0.5) is 4.39 Å². The lowest BCUT2D eigenvalue weighted by atomic mass is 9.99. The van der Waals surface area contributed by atoms with Crippen LogP contribution >= 0.6 is 11.3 Å². The van der Waals surface area contributed by atoms with Crippen molar-refractivity contribution in [3.63, 3.8) is 0 Å². The number of hydrogen-bond donors (Lipinski definition) is 0. The van der Waals surface area contributed by atoms with Crippen molar-refractivity contribution in [2.75, 3.05) is 0 Å². The molecule has 0 aliphatic rings. The van der Waals surface area contributed by atoms with Gasteiger partial charge in [-0.2, -0.15) is 0 Å². The quantitative estimate of drug-likeness (QED) is 0.474. The largest absolute Gasteiger partial charge is 0.294 e. The second-order valence-corrected chi connectivity index (χ2v) is 7.73. The Bertz CT molecular complexity index is 1160. The fourth-order valence-electron chi connectivity index (χ4n) is 3.15. The first-order chi connectivity index (χ1) is 13.0. The maximum absolute atomic E-state index is 14.0. The molecule has 0 aliphatic carbocycles. The van der Waals surface area contributed by atoms with Gasteiger partial charge in [-0.1, -0.05) is 56.3 Å². The predicted molar refractivity (Wildman–Crippen MR) is 109 cm³/mol. The van der Waals surface area contributed by atoms with E-state index in [1.54, 1.807) is 18.2 Å². The molecular formula is C22H19FN2OS. The average molecular weight is 378 g/mol. The number of halogens is 1. The van der Waals surface area contributed by atoms with Crippen LogP contribution in [0.2, 0.25) is 0 Å². The molecule has 0 aliphatic heterocycles. The van der Waals surface area contributed by atoms with Crippen LogP contribution in [0.25, 0.3) is 21.3 Å². The molecule has 0 fully saturated rings. The molecule has 0 radical (unpaired) electrons. The second-order valence-electron chi connectivity index (χ2n) is 6.88. The number of rotatable bonds is 4. The van der Waals surface area contributed by atoms with E-state index >= 15 is 0 Å². The molecule has 0 N–H and O–H groups in total. The third-order valence-corrected chi connectivity index (χ3v) is 5.63. The molecule has 4 rings (SSSR count). The Kier molecular flexibility index (Phi) is 4.62. The zero-order valence-corrected chi connectivity index (χ0v) is 16.0. The highest BCUT2D eigenvalue weighted by Crippen LogP contribution is 2.31. The fraction of sp³-hybridized carbons (Fsp3) is 0.182. The summed E-state index contributed by atoms with van der Waals surface area (Å²) in [6, 6.07) is 14.8. The van der Waals surface area contributed by atoms with Crippen LogP contribution in [0.15, 0.2) is 65.0 Å². The van der Waals surface area contributed by atoms with Gasteiger partial charge in [-0.3, -0.25) is 9.36 Å². The Morgan fingerprint density at radius 1 is 1.11 bits per heavy atom. The Morgan fingerprint density at radius 2 is 1.85 bits per heavy atom. The predicted octanol–water partition coefficient (Wildman–Crippen LogP) is 5.44. The zero-order valence-electron chi connectivity index (χ0n) is 15.1. The number of nitrogens with zero attached hydrogens (tertiary/aromatic N) is 2. The van der Waals surface area contributed by atoms with Crippen molar-refractivity contribution in [2.45, 2.75) is 26.3 Å². The number of thiophene rings is 1. The van der Waals surface area contributed by atoms with Gasteiger partial charge in [-0.25, -0.2) is 9.37 Å². The molecule has 0 spiro atoms. The van der Waals surface area contributed by atoms with E-state index in [-0.39, 0.29) is 17.9 Å². The molecule has 2 aromatic carbocycles. The molecule has 0 saturated carbocycles. The summed E-state index contributed by atoms with van der Waals surface area (Å²) in [4.78, 5) is 18.2. The van der Waals surface area contributed by atoms with Crippen LogP contribution in [0.3, 0.4) is 0 Å². The smallest absolute Gasteiger partial charge is 0.263 e. The topological polar surface area (TPSA) is 34.9 Å². The van der Waals surface area contributed by atoms with Crippen molar-refractivity contribution in [1.29, 1.82) is 0 Å². The van der Waals surface area contributed by atoms with E-state index in [1.165, 1.54) is 33.9 Å². The monoisotopic (exact) mass is 378 g/mol. The lowest BCUT2D eigenvalue weighted by Crippen LogP contribution is -2.21. The van der Waals surface area contributed by atoms with Gasteiger partial charge in [-0.15, -0.1) is 11.3 Å². The van der Waals surface area contributed by atoms with Crippen LogP contribution in [0.1, 0.15) is 30.9 Å². The normalized spacial score (nSPS) is 11.4. The highest BCUT2D eigenvalue weighted by Gasteiger charge is 2.14. The van der Waals surface area contributed by atoms with E-state index < -0.39 is 0 Å². The van der Waals surface area contributed by atoms with Crippen LogP contribution in [-0.2, 0) is 6.54 Å². The molecule has 0 saturated heterocycles. The molecule has 0 bridgehead atoms. The number of benzene rings is 2. The Balaban J connectivity index is 1.80. The lowest BCUT2D eigenvalue weighted by Gasteiger charge is -2.08. The molecule has 0 amide bonds. The van der Waals surface area contributed by atoms with Gasteiger partial charge in [0, 0.05) is 16.5 Å². The third-order valence-electron chi connectivity index (χ3n) is 4.75. The highest BCUT2D eigenvalue weighted by molar-refractivity contribution is 7.17. The van der Waals surface area contributed by atoms with E-state index in [4.69, 9.17) is 0 Å². The summed E-state index contributed by atoms with van der Waals surface area (Å²) in [6.07, 6.45) is 1.50.